The Morgan fingerprint density at radius 1 is 1.33 bits per heavy atom. The molecule has 0 unspecified atom stereocenters. The maximum Gasteiger partial charge on any atom is 1.00 e. The first kappa shape index (κ1) is 11.8. The third-order valence-electron chi connectivity index (χ3n) is 1.70. The molecule has 3 heteroatoms. The van der Waals surface area contributed by atoms with E-state index in [4.69, 9.17) is 5.73 Å². The van der Waals surface area contributed by atoms with Crippen LogP contribution in [-0.2, 0) is 0 Å². The summed E-state index contributed by atoms with van der Waals surface area (Å²) in [4.78, 5) is 0. The van der Waals surface area contributed by atoms with E-state index in [1.54, 1.807) is 0 Å². The van der Waals surface area contributed by atoms with E-state index in [-0.39, 0.29) is 18.9 Å². The Morgan fingerprint density at radius 2 is 1.92 bits per heavy atom. The van der Waals surface area contributed by atoms with Crippen LogP contribution in [0, 0.1) is 6.07 Å². The summed E-state index contributed by atoms with van der Waals surface area (Å²) >= 11 is 0. The van der Waals surface area contributed by atoms with Crippen molar-refractivity contribution in [2.24, 2.45) is 0 Å². The molecule has 0 spiro atoms. The Labute approximate surface area is 87.5 Å². The van der Waals surface area contributed by atoms with Gasteiger partial charge in [0.05, 0.1) is 0 Å². The van der Waals surface area contributed by atoms with Crippen molar-refractivity contribution in [1.82, 2.24) is 0 Å². The van der Waals surface area contributed by atoms with E-state index in [2.05, 4.69) is 31.8 Å². The Balaban J connectivity index is 0.00000121. The Hall–Kier alpha value is -0.166. The summed E-state index contributed by atoms with van der Waals surface area (Å²) in [5.41, 5.74) is 6.61. The van der Waals surface area contributed by atoms with Crippen LogP contribution in [0.25, 0.3) is 0 Å². The van der Waals surface area contributed by atoms with Crippen LogP contribution in [0.5, 0.6) is 0 Å². The maximum atomic E-state index is 5.79. The van der Waals surface area contributed by atoms with Crippen molar-refractivity contribution in [2.45, 2.75) is 19.6 Å². The first-order valence-electron chi connectivity index (χ1n) is 3.78. The van der Waals surface area contributed by atoms with Crippen molar-refractivity contribution in [3.05, 3.63) is 24.3 Å². The van der Waals surface area contributed by atoms with Gasteiger partial charge in [0.2, 0.25) is 0 Å². The Morgan fingerprint density at radius 3 is 2.25 bits per heavy atom. The molecule has 1 nitrogen and oxygen atoms in total. The minimum atomic E-state index is -1.23. The smallest absolute Gasteiger partial charge is 0.420 e. The van der Waals surface area contributed by atoms with Crippen molar-refractivity contribution in [2.75, 3.05) is 5.73 Å². The van der Waals surface area contributed by atoms with Crippen LogP contribution in [0.15, 0.2) is 18.2 Å². The summed E-state index contributed by atoms with van der Waals surface area (Å²) in [6.07, 6.45) is 0. The molecule has 1 aromatic rings. The third-order valence-corrected chi connectivity index (χ3v) is 3.75. The molecule has 1 rings (SSSR count). The number of para-hydroxylation sites is 1. The molecule has 60 valence electrons. The monoisotopic (exact) mass is 171 g/mol. The second kappa shape index (κ2) is 4.18. The standard InChI is InChI=1S/C9H14NSi.Li/c1-11(2,3)9-7-5-4-6-8(9)10;/h4-5,7H,10H2,1-3H3;/q-1;+1. The van der Waals surface area contributed by atoms with Crippen LogP contribution in [-0.4, -0.2) is 8.07 Å². The van der Waals surface area contributed by atoms with E-state index in [1.807, 2.05) is 12.1 Å². The molecular formula is C9H14LiNSi. The molecule has 0 heterocycles. The van der Waals surface area contributed by atoms with Gasteiger partial charge in [0.15, 0.2) is 0 Å². The minimum absolute atomic E-state index is 0. The topological polar surface area (TPSA) is 26.0 Å². The van der Waals surface area contributed by atoms with E-state index in [9.17, 15) is 0 Å². The van der Waals surface area contributed by atoms with E-state index in [1.165, 1.54) is 5.19 Å². The fourth-order valence-corrected chi connectivity index (χ4v) is 2.58. The van der Waals surface area contributed by atoms with Crippen LogP contribution >= 0.6 is 0 Å². The van der Waals surface area contributed by atoms with Gasteiger partial charge in [0.1, 0.15) is 0 Å². The molecule has 0 saturated heterocycles. The first-order valence-corrected chi connectivity index (χ1v) is 7.28. The first-order chi connectivity index (χ1) is 5.02. The molecular weight excluding hydrogens is 157 g/mol. The number of anilines is 1. The predicted octanol–water partition coefficient (Wildman–Crippen LogP) is -1.38. The molecule has 2 N–H and O–H groups in total. The van der Waals surface area contributed by atoms with E-state index in [0.29, 0.717) is 0 Å². The number of benzene rings is 1. The molecule has 0 aliphatic rings. The second-order valence-electron chi connectivity index (χ2n) is 3.75. The molecule has 0 aliphatic heterocycles. The normalized spacial score (nSPS) is 10.6. The van der Waals surface area contributed by atoms with Crippen molar-refractivity contribution in [3.63, 3.8) is 0 Å². The van der Waals surface area contributed by atoms with Crippen LogP contribution in [0.4, 0.5) is 5.69 Å². The quantitative estimate of drug-likeness (QED) is 0.314. The van der Waals surface area contributed by atoms with Gasteiger partial charge in [-0.2, -0.15) is 24.3 Å². The van der Waals surface area contributed by atoms with Gasteiger partial charge < -0.3 is 5.73 Å². The van der Waals surface area contributed by atoms with Crippen LogP contribution in [0.1, 0.15) is 0 Å². The zero-order valence-electron chi connectivity index (χ0n) is 8.31. The molecule has 0 aliphatic carbocycles. The van der Waals surface area contributed by atoms with Gasteiger partial charge in [-0.1, -0.05) is 25.3 Å². The van der Waals surface area contributed by atoms with Gasteiger partial charge in [-0.25, -0.2) is 0 Å². The van der Waals surface area contributed by atoms with E-state index >= 15 is 0 Å². The average Bonchev–Trinajstić information content (AvgIpc) is 1.86. The number of rotatable bonds is 1. The van der Waals surface area contributed by atoms with Crippen molar-refractivity contribution in [3.8, 4) is 0 Å². The van der Waals surface area contributed by atoms with Crippen LogP contribution in [0.2, 0.25) is 19.6 Å². The van der Waals surface area contributed by atoms with Crippen LogP contribution in [0.3, 0.4) is 0 Å². The molecule has 0 saturated carbocycles. The molecule has 0 aromatic heterocycles. The second-order valence-corrected chi connectivity index (χ2v) is 8.79. The van der Waals surface area contributed by atoms with Crippen molar-refractivity contribution < 1.29 is 18.9 Å². The Kier molecular flexibility index (Phi) is 4.12. The largest absolute Gasteiger partial charge is 1.00 e. The number of nitrogens with two attached hydrogens (primary N) is 1. The number of hydrogen-bond acceptors (Lipinski definition) is 1. The summed E-state index contributed by atoms with van der Waals surface area (Å²) in [5, 5.41) is 1.31. The molecule has 12 heavy (non-hydrogen) atoms. The SMILES string of the molecule is C[Si](C)(C)c1ccc[c-]c1N.[Li+]. The molecule has 0 radical (unpaired) electrons. The Bertz CT molecular complexity index is 255. The van der Waals surface area contributed by atoms with Gasteiger partial charge in [-0.15, -0.1) is 5.19 Å². The van der Waals surface area contributed by atoms with Gasteiger partial charge in [0.25, 0.3) is 0 Å². The fraction of sp³-hybridized carbons (Fsp3) is 0.333. The molecule has 0 atom stereocenters. The summed E-state index contributed by atoms with van der Waals surface area (Å²) in [7, 11) is -1.23. The van der Waals surface area contributed by atoms with Crippen LogP contribution < -0.4 is 29.8 Å². The van der Waals surface area contributed by atoms with Gasteiger partial charge in [-0.3, -0.25) is 0 Å². The van der Waals surface area contributed by atoms with Gasteiger partial charge in [0, 0.05) is 8.07 Å². The van der Waals surface area contributed by atoms with Gasteiger partial charge in [-0.05, 0) is 0 Å². The predicted molar refractivity (Wildman–Crippen MR) is 52.7 cm³/mol. The third kappa shape index (κ3) is 2.71. The molecule has 0 fully saturated rings. The summed E-state index contributed by atoms with van der Waals surface area (Å²) in [5.74, 6) is 0. The fourth-order valence-electron chi connectivity index (χ4n) is 1.10. The number of nitrogen functional groups attached to an aromatic ring is 1. The molecule has 1 aromatic carbocycles. The van der Waals surface area contributed by atoms with E-state index in [0.717, 1.165) is 5.69 Å². The minimum Gasteiger partial charge on any atom is -0.420 e. The summed E-state index contributed by atoms with van der Waals surface area (Å²) in [6, 6.07) is 8.99. The van der Waals surface area contributed by atoms with E-state index < -0.39 is 8.07 Å². The zero-order valence-corrected chi connectivity index (χ0v) is 9.31. The van der Waals surface area contributed by atoms with Crippen molar-refractivity contribution >= 4 is 18.9 Å². The zero-order chi connectivity index (χ0) is 8.48. The van der Waals surface area contributed by atoms with Gasteiger partial charge >= 0.3 is 18.9 Å². The average molecular weight is 171 g/mol. The molecule has 0 bridgehead atoms. The summed E-state index contributed by atoms with van der Waals surface area (Å²) in [6.45, 7) is 6.85. The summed E-state index contributed by atoms with van der Waals surface area (Å²) < 4.78 is 0. The number of hydrogen-bond donors (Lipinski definition) is 1. The molecule has 0 amide bonds. The maximum absolute atomic E-state index is 5.79. The van der Waals surface area contributed by atoms with Crippen molar-refractivity contribution in [1.29, 1.82) is 0 Å².